The summed E-state index contributed by atoms with van der Waals surface area (Å²) in [6.45, 7) is -0.0654. The number of hydrogen-bond donors (Lipinski definition) is 2. The summed E-state index contributed by atoms with van der Waals surface area (Å²) in [6, 6.07) is 13.3. The second kappa shape index (κ2) is 6.72. The van der Waals surface area contributed by atoms with Crippen LogP contribution in [0, 0.1) is 0 Å². The smallest absolute Gasteiger partial charge is 0.322 e. The summed E-state index contributed by atoms with van der Waals surface area (Å²) in [5, 5.41) is 4.94. The molecule has 1 aliphatic heterocycles. The number of nitrogens with one attached hydrogen (secondary N) is 2. The predicted molar refractivity (Wildman–Crippen MR) is 89.8 cm³/mol. The molecule has 0 aromatic heterocycles. The topological polar surface area (TPSA) is 85.9 Å². The molecule has 1 saturated heterocycles. The Hall–Kier alpha value is -3.22. The molecule has 0 saturated carbocycles. The standard InChI is InChI=1S/C18H18N2O5/c1-23-13-6-8-14(9-7-13)25-11-18(16(21)19-17(22)20-18)12-4-3-5-15(10-12)24-2/h3-10H,11H2,1-2H3,(H2,19,20,21,22). The molecule has 1 unspecified atom stereocenters. The highest BCUT2D eigenvalue weighted by molar-refractivity contribution is 6.07. The molecule has 0 aliphatic carbocycles. The third kappa shape index (κ3) is 3.21. The minimum atomic E-state index is -1.33. The zero-order valence-electron chi connectivity index (χ0n) is 13.9. The Morgan fingerprint density at radius 1 is 0.920 bits per heavy atom. The highest BCUT2D eigenvalue weighted by Gasteiger charge is 2.48. The van der Waals surface area contributed by atoms with Gasteiger partial charge in [0.15, 0.2) is 5.54 Å². The van der Waals surface area contributed by atoms with Crippen molar-refractivity contribution in [3.8, 4) is 17.2 Å². The van der Waals surface area contributed by atoms with Crippen molar-refractivity contribution < 1.29 is 23.8 Å². The summed E-state index contributed by atoms with van der Waals surface area (Å²) >= 11 is 0. The number of urea groups is 1. The first kappa shape index (κ1) is 16.6. The average molecular weight is 342 g/mol. The normalized spacial score (nSPS) is 19.1. The lowest BCUT2D eigenvalue weighted by atomic mass is 9.90. The maximum absolute atomic E-state index is 12.5. The summed E-state index contributed by atoms with van der Waals surface area (Å²) in [4.78, 5) is 24.2. The quantitative estimate of drug-likeness (QED) is 0.782. The molecule has 0 radical (unpaired) electrons. The van der Waals surface area contributed by atoms with Crippen LogP contribution in [0.2, 0.25) is 0 Å². The van der Waals surface area contributed by atoms with Crippen LogP contribution in [0.5, 0.6) is 17.2 Å². The van der Waals surface area contributed by atoms with E-state index in [9.17, 15) is 9.59 Å². The summed E-state index contributed by atoms with van der Waals surface area (Å²) in [6.07, 6.45) is 0. The molecule has 2 aromatic rings. The van der Waals surface area contributed by atoms with Crippen LogP contribution in [0.1, 0.15) is 5.56 Å². The lowest BCUT2D eigenvalue weighted by molar-refractivity contribution is -0.125. The maximum Gasteiger partial charge on any atom is 0.322 e. The molecule has 1 fully saturated rings. The number of amides is 3. The maximum atomic E-state index is 12.5. The second-order valence-corrected chi connectivity index (χ2v) is 5.51. The van der Waals surface area contributed by atoms with Crippen LogP contribution in [0.4, 0.5) is 4.79 Å². The van der Waals surface area contributed by atoms with Crippen molar-refractivity contribution >= 4 is 11.9 Å². The summed E-state index contributed by atoms with van der Waals surface area (Å²) in [5.41, 5.74) is -0.755. The van der Waals surface area contributed by atoms with Gasteiger partial charge in [-0.05, 0) is 42.0 Å². The Morgan fingerprint density at radius 3 is 2.20 bits per heavy atom. The van der Waals surface area contributed by atoms with Gasteiger partial charge in [0.05, 0.1) is 14.2 Å². The van der Waals surface area contributed by atoms with Gasteiger partial charge in [0.25, 0.3) is 5.91 Å². The van der Waals surface area contributed by atoms with E-state index >= 15 is 0 Å². The van der Waals surface area contributed by atoms with E-state index in [1.807, 2.05) is 0 Å². The van der Waals surface area contributed by atoms with Crippen molar-refractivity contribution in [2.45, 2.75) is 5.54 Å². The number of ether oxygens (including phenoxy) is 3. The van der Waals surface area contributed by atoms with Crippen molar-refractivity contribution in [2.75, 3.05) is 20.8 Å². The van der Waals surface area contributed by atoms with Gasteiger partial charge in [-0.25, -0.2) is 4.79 Å². The van der Waals surface area contributed by atoms with Gasteiger partial charge < -0.3 is 19.5 Å². The Morgan fingerprint density at radius 2 is 1.60 bits per heavy atom. The molecule has 2 aromatic carbocycles. The number of methoxy groups -OCH3 is 2. The predicted octanol–water partition coefficient (Wildman–Crippen LogP) is 1.82. The molecule has 7 nitrogen and oxygen atoms in total. The molecule has 2 N–H and O–H groups in total. The number of rotatable bonds is 6. The lowest BCUT2D eigenvalue weighted by Crippen LogP contribution is -2.48. The van der Waals surface area contributed by atoms with E-state index in [0.717, 1.165) is 0 Å². The van der Waals surface area contributed by atoms with Gasteiger partial charge in [0.2, 0.25) is 0 Å². The summed E-state index contributed by atoms with van der Waals surface area (Å²) in [7, 11) is 3.11. The fraction of sp³-hybridized carbons (Fsp3) is 0.222. The van der Waals surface area contributed by atoms with E-state index in [1.165, 1.54) is 7.11 Å². The van der Waals surface area contributed by atoms with Gasteiger partial charge in [-0.2, -0.15) is 0 Å². The minimum absolute atomic E-state index is 0.0654. The first-order chi connectivity index (χ1) is 12.1. The van der Waals surface area contributed by atoms with Gasteiger partial charge >= 0.3 is 6.03 Å². The average Bonchev–Trinajstić information content (AvgIpc) is 2.95. The number of hydrogen-bond acceptors (Lipinski definition) is 5. The molecular weight excluding hydrogens is 324 g/mol. The van der Waals surface area contributed by atoms with Crippen LogP contribution in [0.3, 0.4) is 0 Å². The number of carbonyl (C=O) groups excluding carboxylic acids is 2. The third-order valence-corrected chi connectivity index (χ3v) is 4.02. The number of imide groups is 1. The number of carbonyl (C=O) groups is 2. The van der Waals surface area contributed by atoms with Crippen LogP contribution < -0.4 is 24.8 Å². The van der Waals surface area contributed by atoms with Crippen molar-refractivity contribution in [3.05, 3.63) is 54.1 Å². The van der Waals surface area contributed by atoms with Crippen molar-refractivity contribution in [2.24, 2.45) is 0 Å². The monoisotopic (exact) mass is 342 g/mol. The fourth-order valence-electron chi connectivity index (χ4n) is 2.63. The molecule has 25 heavy (non-hydrogen) atoms. The summed E-state index contributed by atoms with van der Waals surface area (Å²) in [5.74, 6) is 1.35. The molecule has 1 aliphatic rings. The summed E-state index contributed by atoms with van der Waals surface area (Å²) < 4.78 is 16.1. The molecule has 3 rings (SSSR count). The first-order valence-electron chi connectivity index (χ1n) is 7.62. The van der Waals surface area contributed by atoms with E-state index in [0.29, 0.717) is 22.8 Å². The first-order valence-corrected chi connectivity index (χ1v) is 7.62. The molecule has 7 heteroatoms. The van der Waals surface area contributed by atoms with E-state index in [2.05, 4.69) is 10.6 Å². The molecule has 0 spiro atoms. The van der Waals surface area contributed by atoms with Gasteiger partial charge in [-0.1, -0.05) is 12.1 Å². The Balaban J connectivity index is 1.89. The van der Waals surface area contributed by atoms with Crippen molar-refractivity contribution in [1.29, 1.82) is 0 Å². The molecule has 1 atom stereocenters. The molecule has 1 heterocycles. The van der Waals surface area contributed by atoms with Crippen LogP contribution in [-0.2, 0) is 10.3 Å². The zero-order valence-corrected chi connectivity index (χ0v) is 13.9. The SMILES string of the molecule is COc1ccc(OCC2(c3cccc(OC)c3)NC(=O)NC2=O)cc1. The molecule has 130 valence electrons. The Bertz CT molecular complexity index is 790. The molecule has 3 amide bonds. The fourth-order valence-corrected chi connectivity index (χ4v) is 2.63. The van der Waals surface area contributed by atoms with Crippen molar-refractivity contribution in [3.63, 3.8) is 0 Å². The van der Waals surface area contributed by atoms with E-state index < -0.39 is 17.5 Å². The van der Waals surface area contributed by atoms with Gasteiger partial charge in [-0.15, -0.1) is 0 Å². The molecular formula is C18H18N2O5. The van der Waals surface area contributed by atoms with Crippen molar-refractivity contribution in [1.82, 2.24) is 10.6 Å². The largest absolute Gasteiger partial charge is 0.497 e. The Labute approximate surface area is 144 Å². The lowest BCUT2D eigenvalue weighted by Gasteiger charge is -2.27. The van der Waals surface area contributed by atoms with E-state index in [-0.39, 0.29) is 6.61 Å². The van der Waals surface area contributed by atoms with Crippen LogP contribution in [0.15, 0.2) is 48.5 Å². The second-order valence-electron chi connectivity index (χ2n) is 5.51. The van der Waals surface area contributed by atoms with E-state index in [1.54, 1.807) is 55.6 Å². The van der Waals surface area contributed by atoms with Gasteiger partial charge in [0, 0.05) is 0 Å². The van der Waals surface area contributed by atoms with Crippen LogP contribution in [-0.4, -0.2) is 32.8 Å². The van der Waals surface area contributed by atoms with Gasteiger partial charge in [-0.3, -0.25) is 10.1 Å². The highest BCUT2D eigenvalue weighted by atomic mass is 16.5. The molecule has 0 bridgehead atoms. The van der Waals surface area contributed by atoms with Gasteiger partial charge in [0.1, 0.15) is 23.9 Å². The Kier molecular flexibility index (Phi) is 4.47. The minimum Gasteiger partial charge on any atom is -0.497 e. The highest BCUT2D eigenvalue weighted by Crippen LogP contribution is 2.29. The van der Waals surface area contributed by atoms with E-state index in [4.69, 9.17) is 14.2 Å². The zero-order chi connectivity index (χ0) is 17.9. The third-order valence-electron chi connectivity index (χ3n) is 4.02. The van der Waals surface area contributed by atoms with Crippen LogP contribution in [0.25, 0.3) is 0 Å². The number of benzene rings is 2. The van der Waals surface area contributed by atoms with Crippen LogP contribution >= 0.6 is 0 Å².